The minimum atomic E-state index is -0.171. The minimum absolute atomic E-state index is 0.130. The average molecular weight is 352 g/mol. The number of H-pyrrole nitrogens is 2. The molecule has 6 heteroatoms. The van der Waals surface area contributed by atoms with Crippen LogP contribution in [-0.4, -0.2) is 16.5 Å². The van der Waals surface area contributed by atoms with Gasteiger partial charge < -0.3 is 15.3 Å². The van der Waals surface area contributed by atoms with Gasteiger partial charge in [-0.2, -0.15) is 0 Å². The van der Waals surface area contributed by atoms with Gasteiger partial charge in [-0.1, -0.05) is 13.0 Å². The van der Waals surface area contributed by atoms with E-state index in [0.717, 1.165) is 26.9 Å². The maximum absolute atomic E-state index is 11.3. The molecule has 3 N–H and O–H groups in total. The van der Waals surface area contributed by atoms with Gasteiger partial charge >= 0.3 is 5.69 Å². The summed E-state index contributed by atoms with van der Waals surface area (Å²) < 4.78 is 1.12. The Morgan fingerprint density at radius 3 is 2.75 bits per heavy atom. The van der Waals surface area contributed by atoms with Crippen molar-refractivity contribution in [2.24, 2.45) is 0 Å². The normalized spacial score (nSPS) is 12.9. The number of halogens is 1. The van der Waals surface area contributed by atoms with Crippen LogP contribution in [0.25, 0.3) is 11.0 Å². The number of rotatable bonds is 4. The fraction of sp³-hybridized carbons (Fsp3) is 0.214. The van der Waals surface area contributed by atoms with Crippen molar-refractivity contribution in [3.05, 3.63) is 55.0 Å². The molecule has 0 saturated heterocycles. The summed E-state index contributed by atoms with van der Waals surface area (Å²) in [5.41, 5.74) is 3.86. The first-order valence-electron chi connectivity index (χ1n) is 6.36. The number of hydrogen-bond donors (Lipinski definition) is 3. The van der Waals surface area contributed by atoms with Gasteiger partial charge in [-0.15, -0.1) is 11.3 Å². The molecule has 0 saturated carbocycles. The van der Waals surface area contributed by atoms with E-state index in [1.165, 1.54) is 5.56 Å². The van der Waals surface area contributed by atoms with Crippen molar-refractivity contribution in [2.75, 3.05) is 6.54 Å². The topological polar surface area (TPSA) is 60.7 Å². The maximum atomic E-state index is 11.3. The molecule has 1 atom stereocenters. The van der Waals surface area contributed by atoms with Gasteiger partial charge in [0, 0.05) is 0 Å². The van der Waals surface area contributed by atoms with Gasteiger partial charge in [0.05, 0.1) is 20.9 Å². The first kappa shape index (κ1) is 13.6. The predicted molar refractivity (Wildman–Crippen MR) is 86.5 cm³/mol. The number of aromatic amines is 2. The summed E-state index contributed by atoms with van der Waals surface area (Å²) in [7, 11) is 0. The summed E-state index contributed by atoms with van der Waals surface area (Å²) in [4.78, 5) is 16.9. The van der Waals surface area contributed by atoms with Crippen LogP contribution in [0.15, 0.2) is 38.2 Å². The zero-order valence-corrected chi connectivity index (χ0v) is 13.3. The van der Waals surface area contributed by atoms with Crippen LogP contribution in [0.2, 0.25) is 0 Å². The number of fused-ring (bicyclic) bond motifs is 1. The highest BCUT2D eigenvalue weighted by atomic mass is 79.9. The van der Waals surface area contributed by atoms with E-state index in [1.54, 1.807) is 11.3 Å². The summed E-state index contributed by atoms with van der Waals surface area (Å²) in [6.07, 6.45) is 0. The van der Waals surface area contributed by atoms with E-state index in [1.807, 2.05) is 18.2 Å². The average Bonchev–Trinajstić information content (AvgIpc) is 3.00. The van der Waals surface area contributed by atoms with E-state index in [0.29, 0.717) is 0 Å². The van der Waals surface area contributed by atoms with E-state index in [9.17, 15) is 4.79 Å². The quantitative estimate of drug-likeness (QED) is 0.674. The molecule has 0 aliphatic carbocycles. The van der Waals surface area contributed by atoms with E-state index >= 15 is 0 Å². The van der Waals surface area contributed by atoms with Crippen LogP contribution in [0.3, 0.4) is 0 Å². The van der Waals surface area contributed by atoms with E-state index < -0.39 is 0 Å². The Bertz CT molecular complexity index is 789. The molecule has 1 unspecified atom stereocenters. The molecule has 104 valence electrons. The molecule has 2 heterocycles. The van der Waals surface area contributed by atoms with Gasteiger partial charge in [0.15, 0.2) is 0 Å². The van der Waals surface area contributed by atoms with Gasteiger partial charge in [0.1, 0.15) is 0 Å². The first-order chi connectivity index (χ1) is 9.67. The van der Waals surface area contributed by atoms with Crippen LogP contribution in [0.1, 0.15) is 24.1 Å². The molecule has 4 nitrogen and oxygen atoms in total. The third kappa shape index (κ3) is 2.59. The van der Waals surface area contributed by atoms with Crippen LogP contribution in [0, 0.1) is 0 Å². The molecule has 3 rings (SSSR count). The second-order valence-corrected chi connectivity index (χ2v) is 6.85. The highest BCUT2D eigenvalue weighted by Gasteiger charge is 2.15. The Morgan fingerprint density at radius 1 is 1.25 bits per heavy atom. The standard InChI is InChI=1S/C14H14BrN3OS/c1-2-16-13(9-6-12(15)20-7-9)8-3-4-10-11(5-8)18-14(19)17-10/h3-7,13,16H,2H2,1H3,(H2,17,18,19). The van der Waals surface area contributed by atoms with Gasteiger partial charge in [0.2, 0.25) is 0 Å². The van der Waals surface area contributed by atoms with Crippen molar-refractivity contribution in [2.45, 2.75) is 13.0 Å². The molecule has 2 aromatic heterocycles. The van der Waals surface area contributed by atoms with Crippen LogP contribution in [0.4, 0.5) is 0 Å². The molecule has 0 fully saturated rings. The van der Waals surface area contributed by atoms with Crippen molar-refractivity contribution >= 4 is 38.3 Å². The Hall–Kier alpha value is -1.37. The predicted octanol–water partition coefficient (Wildman–Crippen LogP) is 3.38. The Kier molecular flexibility index (Phi) is 3.78. The summed E-state index contributed by atoms with van der Waals surface area (Å²) in [6, 6.07) is 8.26. The fourth-order valence-electron chi connectivity index (χ4n) is 2.34. The highest BCUT2D eigenvalue weighted by molar-refractivity contribution is 9.11. The third-order valence-electron chi connectivity index (χ3n) is 3.20. The van der Waals surface area contributed by atoms with Crippen LogP contribution >= 0.6 is 27.3 Å². The number of thiophene rings is 1. The van der Waals surface area contributed by atoms with E-state index in [2.05, 4.69) is 49.6 Å². The summed E-state index contributed by atoms with van der Waals surface area (Å²) >= 11 is 5.18. The molecule has 0 bridgehead atoms. The van der Waals surface area contributed by atoms with Crippen LogP contribution < -0.4 is 11.0 Å². The second kappa shape index (κ2) is 5.55. The zero-order chi connectivity index (χ0) is 14.1. The van der Waals surface area contributed by atoms with Crippen molar-refractivity contribution < 1.29 is 0 Å². The highest BCUT2D eigenvalue weighted by Crippen LogP contribution is 2.30. The molecule has 0 aliphatic rings. The molecule has 20 heavy (non-hydrogen) atoms. The fourth-order valence-corrected chi connectivity index (χ4v) is 3.54. The lowest BCUT2D eigenvalue weighted by Gasteiger charge is -2.17. The molecule has 1 aromatic carbocycles. The van der Waals surface area contributed by atoms with E-state index in [-0.39, 0.29) is 11.7 Å². The lowest BCUT2D eigenvalue weighted by atomic mass is 10.0. The lowest BCUT2D eigenvalue weighted by Crippen LogP contribution is -2.21. The van der Waals surface area contributed by atoms with Crippen LogP contribution in [-0.2, 0) is 0 Å². The summed E-state index contributed by atoms with van der Waals surface area (Å²) in [5, 5.41) is 5.62. The molecule has 0 amide bonds. The number of imidazole rings is 1. The van der Waals surface area contributed by atoms with Gasteiger partial charge in [-0.25, -0.2) is 4.79 Å². The molecule has 0 aliphatic heterocycles. The number of benzene rings is 1. The molecule has 3 aromatic rings. The van der Waals surface area contributed by atoms with Gasteiger partial charge in [-0.05, 0) is 57.2 Å². The molecule has 0 spiro atoms. The number of nitrogens with one attached hydrogen (secondary N) is 3. The van der Waals surface area contributed by atoms with Crippen molar-refractivity contribution in [3.8, 4) is 0 Å². The largest absolute Gasteiger partial charge is 0.323 e. The van der Waals surface area contributed by atoms with E-state index in [4.69, 9.17) is 0 Å². The Balaban J connectivity index is 2.06. The summed E-state index contributed by atoms with van der Waals surface area (Å²) in [6.45, 7) is 2.96. The lowest BCUT2D eigenvalue weighted by molar-refractivity contribution is 0.633. The second-order valence-electron chi connectivity index (χ2n) is 4.56. The monoisotopic (exact) mass is 351 g/mol. The van der Waals surface area contributed by atoms with Crippen molar-refractivity contribution in [1.29, 1.82) is 0 Å². The summed E-state index contributed by atoms with van der Waals surface area (Å²) in [5.74, 6) is 0. The maximum Gasteiger partial charge on any atom is 0.323 e. The smallest absolute Gasteiger partial charge is 0.307 e. The molecular weight excluding hydrogens is 338 g/mol. The van der Waals surface area contributed by atoms with Crippen LogP contribution in [0.5, 0.6) is 0 Å². The number of hydrogen-bond acceptors (Lipinski definition) is 3. The minimum Gasteiger partial charge on any atom is -0.307 e. The first-order valence-corrected chi connectivity index (χ1v) is 8.04. The SMILES string of the molecule is CCNC(c1csc(Br)c1)c1ccc2[nH]c(=O)[nH]c2c1. The number of aromatic nitrogens is 2. The molecular formula is C14H14BrN3OS. The van der Waals surface area contributed by atoms with Crippen molar-refractivity contribution in [1.82, 2.24) is 15.3 Å². The van der Waals surface area contributed by atoms with Gasteiger partial charge in [0.25, 0.3) is 0 Å². The molecule has 0 radical (unpaired) electrons. The third-order valence-corrected chi connectivity index (χ3v) is 4.73. The Labute approximate surface area is 128 Å². The van der Waals surface area contributed by atoms with Gasteiger partial charge in [-0.3, -0.25) is 0 Å². The zero-order valence-electron chi connectivity index (χ0n) is 10.9. The van der Waals surface area contributed by atoms with Crippen molar-refractivity contribution in [3.63, 3.8) is 0 Å². The Morgan fingerprint density at radius 2 is 2.05 bits per heavy atom.